The van der Waals surface area contributed by atoms with Crippen molar-refractivity contribution in [3.8, 4) is 5.88 Å². The average molecular weight is 271 g/mol. The summed E-state index contributed by atoms with van der Waals surface area (Å²) in [6.45, 7) is 3.22. The number of ether oxygens (including phenoxy) is 1. The Bertz CT molecular complexity index is 529. The maximum absolute atomic E-state index is 5.73. The van der Waals surface area contributed by atoms with Crippen molar-refractivity contribution in [3.63, 3.8) is 0 Å². The maximum atomic E-state index is 5.73. The Morgan fingerprint density at radius 3 is 2.75 bits per heavy atom. The summed E-state index contributed by atoms with van der Waals surface area (Å²) in [5.74, 6) is 0.660. The van der Waals surface area contributed by atoms with Crippen molar-refractivity contribution in [2.45, 2.75) is 32.7 Å². The van der Waals surface area contributed by atoms with Crippen LogP contribution in [0.5, 0.6) is 5.88 Å². The van der Waals surface area contributed by atoms with Crippen molar-refractivity contribution in [1.82, 2.24) is 9.97 Å². The summed E-state index contributed by atoms with van der Waals surface area (Å²) in [6, 6.07) is 9.85. The van der Waals surface area contributed by atoms with E-state index in [0.717, 1.165) is 36.2 Å². The van der Waals surface area contributed by atoms with Gasteiger partial charge in [-0.1, -0.05) is 19.4 Å². The Balaban J connectivity index is 1.96. The van der Waals surface area contributed by atoms with E-state index in [4.69, 9.17) is 10.5 Å². The van der Waals surface area contributed by atoms with Gasteiger partial charge < -0.3 is 10.5 Å². The van der Waals surface area contributed by atoms with E-state index < -0.39 is 0 Å². The molecule has 0 spiro atoms. The van der Waals surface area contributed by atoms with Crippen LogP contribution in [-0.4, -0.2) is 16.6 Å². The van der Waals surface area contributed by atoms with Crippen LogP contribution in [0.1, 0.15) is 30.3 Å². The van der Waals surface area contributed by atoms with Crippen LogP contribution in [-0.2, 0) is 19.4 Å². The quantitative estimate of drug-likeness (QED) is 0.840. The van der Waals surface area contributed by atoms with Crippen molar-refractivity contribution in [3.05, 3.63) is 53.5 Å². The number of rotatable bonds is 7. The van der Waals surface area contributed by atoms with Crippen molar-refractivity contribution in [1.29, 1.82) is 0 Å². The summed E-state index contributed by atoms with van der Waals surface area (Å²) in [6.07, 6.45) is 4.58. The van der Waals surface area contributed by atoms with E-state index in [2.05, 4.69) is 23.0 Å². The molecule has 0 unspecified atom stereocenters. The van der Waals surface area contributed by atoms with Crippen LogP contribution < -0.4 is 10.5 Å². The molecular formula is C16H21N3O. The van der Waals surface area contributed by atoms with E-state index in [-0.39, 0.29) is 0 Å². The molecule has 2 N–H and O–H groups in total. The molecule has 0 saturated carbocycles. The third-order valence-corrected chi connectivity index (χ3v) is 2.99. The molecule has 0 aliphatic heterocycles. The average Bonchev–Trinajstić information content (AvgIpc) is 2.48. The van der Waals surface area contributed by atoms with Gasteiger partial charge in [0, 0.05) is 36.6 Å². The van der Waals surface area contributed by atoms with Gasteiger partial charge in [0.15, 0.2) is 0 Å². The van der Waals surface area contributed by atoms with Crippen molar-refractivity contribution in [2.75, 3.05) is 6.61 Å². The van der Waals surface area contributed by atoms with Gasteiger partial charge in [0.1, 0.15) is 0 Å². The fourth-order valence-corrected chi connectivity index (χ4v) is 2.00. The molecule has 0 aliphatic carbocycles. The molecule has 2 aromatic heterocycles. The number of aryl methyl sites for hydroxylation is 1. The lowest BCUT2D eigenvalue weighted by molar-refractivity contribution is 0.307. The van der Waals surface area contributed by atoms with E-state index in [1.807, 2.05) is 24.3 Å². The Morgan fingerprint density at radius 2 is 2.05 bits per heavy atom. The number of nitrogens with two attached hydrogens (primary N) is 1. The molecule has 2 rings (SSSR count). The summed E-state index contributed by atoms with van der Waals surface area (Å²) in [4.78, 5) is 8.77. The minimum absolute atomic E-state index is 0.510. The van der Waals surface area contributed by atoms with Crippen LogP contribution in [0.3, 0.4) is 0 Å². The van der Waals surface area contributed by atoms with Gasteiger partial charge >= 0.3 is 0 Å². The monoisotopic (exact) mass is 271 g/mol. The molecule has 0 saturated heterocycles. The molecule has 0 fully saturated rings. The van der Waals surface area contributed by atoms with Crippen molar-refractivity contribution in [2.24, 2.45) is 5.73 Å². The van der Waals surface area contributed by atoms with Crippen LogP contribution in [0.25, 0.3) is 0 Å². The third kappa shape index (κ3) is 4.31. The largest absolute Gasteiger partial charge is 0.477 e. The first-order valence-corrected chi connectivity index (χ1v) is 7.04. The van der Waals surface area contributed by atoms with Gasteiger partial charge in [-0.15, -0.1) is 0 Å². The molecule has 106 valence electrons. The van der Waals surface area contributed by atoms with E-state index in [0.29, 0.717) is 19.0 Å². The lowest BCUT2D eigenvalue weighted by atomic mass is 10.1. The summed E-state index contributed by atoms with van der Waals surface area (Å²) in [7, 11) is 0. The first-order valence-electron chi connectivity index (χ1n) is 7.04. The van der Waals surface area contributed by atoms with Crippen LogP contribution in [0, 0.1) is 0 Å². The molecule has 0 aliphatic rings. The highest BCUT2D eigenvalue weighted by molar-refractivity contribution is 5.25. The molecule has 20 heavy (non-hydrogen) atoms. The molecule has 4 nitrogen and oxygen atoms in total. The number of nitrogens with zero attached hydrogens (tertiary/aromatic N) is 2. The number of pyridine rings is 2. The second kappa shape index (κ2) is 7.60. The number of hydrogen-bond donors (Lipinski definition) is 1. The Hall–Kier alpha value is -1.94. The molecule has 2 heterocycles. The highest BCUT2D eigenvalue weighted by Gasteiger charge is 2.03. The zero-order valence-electron chi connectivity index (χ0n) is 11.9. The van der Waals surface area contributed by atoms with Gasteiger partial charge in [0.05, 0.1) is 6.61 Å². The van der Waals surface area contributed by atoms with Gasteiger partial charge in [0.25, 0.3) is 0 Å². The van der Waals surface area contributed by atoms with Gasteiger partial charge in [-0.3, -0.25) is 4.98 Å². The van der Waals surface area contributed by atoms with E-state index in [9.17, 15) is 0 Å². The van der Waals surface area contributed by atoms with Crippen LogP contribution in [0.15, 0.2) is 36.5 Å². The molecule has 4 heteroatoms. The lowest BCUT2D eigenvalue weighted by Gasteiger charge is -2.09. The van der Waals surface area contributed by atoms with Crippen molar-refractivity contribution >= 4 is 0 Å². The summed E-state index contributed by atoms with van der Waals surface area (Å²) in [5.41, 5.74) is 8.85. The third-order valence-electron chi connectivity index (χ3n) is 2.99. The normalized spacial score (nSPS) is 10.5. The van der Waals surface area contributed by atoms with Crippen LogP contribution in [0.2, 0.25) is 0 Å². The fourth-order valence-electron chi connectivity index (χ4n) is 2.00. The summed E-state index contributed by atoms with van der Waals surface area (Å²) < 4.78 is 5.73. The summed E-state index contributed by atoms with van der Waals surface area (Å²) >= 11 is 0. The molecule has 0 bridgehead atoms. The topological polar surface area (TPSA) is 61.0 Å². The first kappa shape index (κ1) is 14.5. The van der Waals surface area contributed by atoms with E-state index >= 15 is 0 Å². The minimum Gasteiger partial charge on any atom is -0.477 e. The fraction of sp³-hybridized carbons (Fsp3) is 0.375. The predicted molar refractivity (Wildman–Crippen MR) is 79.6 cm³/mol. The summed E-state index contributed by atoms with van der Waals surface area (Å²) in [5, 5.41) is 0. The first-order chi connectivity index (χ1) is 9.81. The smallest absolute Gasteiger partial charge is 0.213 e. The Kier molecular flexibility index (Phi) is 5.50. The minimum atomic E-state index is 0.510. The highest BCUT2D eigenvalue weighted by Crippen LogP contribution is 2.14. The predicted octanol–water partition coefficient (Wildman–Crippen LogP) is 2.51. The zero-order chi connectivity index (χ0) is 14.2. The van der Waals surface area contributed by atoms with Crippen LogP contribution >= 0.6 is 0 Å². The molecule has 0 aromatic carbocycles. The maximum Gasteiger partial charge on any atom is 0.213 e. The second-order valence-corrected chi connectivity index (χ2v) is 4.68. The Labute approximate surface area is 120 Å². The number of aromatic nitrogens is 2. The molecule has 0 amide bonds. The molecular weight excluding hydrogens is 250 g/mol. The number of hydrogen-bond acceptors (Lipinski definition) is 4. The van der Waals surface area contributed by atoms with E-state index in [1.165, 1.54) is 0 Å². The second-order valence-electron chi connectivity index (χ2n) is 4.68. The van der Waals surface area contributed by atoms with Gasteiger partial charge in [0.2, 0.25) is 5.88 Å². The molecule has 0 atom stereocenters. The molecule has 0 radical (unpaired) electrons. The van der Waals surface area contributed by atoms with Gasteiger partial charge in [-0.2, -0.15) is 0 Å². The SMILES string of the molecule is CCCc1cc(CN)cc(OCCc2ccccn2)n1. The van der Waals surface area contributed by atoms with Crippen LogP contribution in [0.4, 0.5) is 0 Å². The van der Waals surface area contributed by atoms with Gasteiger partial charge in [-0.05, 0) is 30.2 Å². The van der Waals surface area contributed by atoms with E-state index in [1.54, 1.807) is 6.20 Å². The Morgan fingerprint density at radius 1 is 1.15 bits per heavy atom. The standard InChI is InChI=1S/C16H21N3O/c1-2-5-15-10-13(12-17)11-16(19-15)20-9-7-14-6-3-4-8-18-14/h3-4,6,8,10-11H,2,5,7,9,12,17H2,1H3. The lowest BCUT2D eigenvalue weighted by Crippen LogP contribution is -2.06. The van der Waals surface area contributed by atoms with Crippen molar-refractivity contribution < 1.29 is 4.74 Å². The highest BCUT2D eigenvalue weighted by atomic mass is 16.5. The zero-order valence-corrected chi connectivity index (χ0v) is 11.9. The molecule has 2 aromatic rings. The van der Waals surface area contributed by atoms with Gasteiger partial charge in [-0.25, -0.2) is 4.98 Å².